The van der Waals surface area contributed by atoms with Crippen molar-refractivity contribution in [3.05, 3.63) is 23.3 Å². The fraction of sp³-hybridized carbons (Fsp3) is 0.852. The van der Waals surface area contributed by atoms with Crippen LogP contribution in [0.4, 0.5) is 0 Å². The zero-order valence-corrected chi connectivity index (χ0v) is 20.7. The summed E-state index contributed by atoms with van der Waals surface area (Å²) in [6.45, 7) is 16.2. The average Bonchev–Trinajstić information content (AvgIpc) is 2.76. The third kappa shape index (κ3) is 8.21. The molecule has 0 saturated carbocycles. The molecule has 0 aromatic carbocycles. The summed E-state index contributed by atoms with van der Waals surface area (Å²) in [5.74, 6) is 0. The van der Waals surface area contributed by atoms with Crippen molar-refractivity contribution in [3.63, 3.8) is 0 Å². The van der Waals surface area contributed by atoms with Crippen molar-refractivity contribution in [1.29, 1.82) is 0 Å². The van der Waals surface area contributed by atoms with Crippen LogP contribution in [0.1, 0.15) is 119 Å². The molecule has 1 aliphatic carbocycles. The highest BCUT2D eigenvalue weighted by molar-refractivity contribution is 5.43. The second-order valence-corrected chi connectivity index (χ2v) is 8.55. The minimum atomic E-state index is 0.00327. The number of hydrogen-bond donors (Lipinski definition) is 0. The highest BCUT2D eigenvalue weighted by atomic mass is 16.5. The van der Waals surface area contributed by atoms with Gasteiger partial charge in [0.2, 0.25) is 0 Å². The van der Waals surface area contributed by atoms with Gasteiger partial charge in [-0.25, -0.2) is 0 Å². The lowest BCUT2D eigenvalue weighted by Gasteiger charge is -2.50. The van der Waals surface area contributed by atoms with Gasteiger partial charge in [-0.05, 0) is 69.7 Å². The third-order valence-electron chi connectivity index (χ3n) is 6.29. The van der Waals surface area contributed by atoms with Crippen LogP contribution in [0.2, 0.25) is 0 Å². The topological polar surface area (TPSA) is 12.5 Å². The Hall–Kier alpha value is -0.600. The van der Waals surface area contributed by atoms with Gasteiger partial charge >= 0.3 is 0 Å². The quantitative estimate of drug-likeness (QED) is 0.378. The Morgan fingerprint density at radius 2 is 1.62 bits per heavy atom. The molecular weight excluding hydrogens is 354 g/mol. The van der Waals surface area contributed by atoms with Crippen molar-refractivity contribution in [2.24, 2.45) is 0 Å². The van der Waals surface area contributed by atoms with E-state index in [4.69, 9.17) is 4.74 Å². The number of hydrogen-bond acceptors (Lipinski definition) is 2. The Labute approximate surface area is 183 Å². The van der Waals surface area contributed by atoms with Crippen molar-refractivity contribution in [2.45, 2.75) is 130 Å². The number of likely N-dealkylation sites (tertiary alicyclic amines) is 1. The van der Waals surface area contributed by atoms with E-state index in [0.29, 0.717) is 6.10 Å². The molecule has 2 nitrogen and oxygen atoms in total. The number of nitrogens with zero attached hydrogens (tertiary/aromatic N) is 1. The summed E-state index contributed by atoms with van der Waals surface area (Å²) in [7, 11) is 0. The number of fused-ring (bicyclic) bond motifs is 2. The SMILES string of the molecule is CC.CC.CCCCCCCCCN1CCC[C@]2(C1)O[C@H](C)CC1=CCCC=C12. The van der Waals surface area contributed by atoms with Crippen molar-refractivity contribution >= 4 is 0 Å². The summed E-state index contributed by atoms with van der Waals surface area (Å²) in [6, 6.07) is 0. The maximum atomic E-state index is 6.64. The van der Waals surface area contributed by atoms with Gasteiger partial charge in [0, 0.05) is 6.54 Å². The van der Waals surface area contributed by atoms with Gasteiger partial charge in [0.05, 0.1) is 6.10 Å². The molecule has 2 aliphatic heterocycles. The molecular formula is C27H51NO. The Bertz CT molecular complexity index is 481. The standard InChI is InChI=1S/C23H39NO.2C2H6/c1-3-4-5-6-7-8-11-16-24-17-12-15-23(19-24)22-14-10-9-13-21(22)18-20(2)25-23;2*1-2/h13-14,20H,3-12,15-19H2,1-2H3;2*1-2H3/t20-,23-;;/m1../s1. The highest BCUT2D eigenvalue weighted by Crippen LogP contribution is 2.44. The molecule has 0 aromatic heterocycles. The molecule has 2 heterocycles. The lowest BCUT2D eigenvalue weighted by molar-refractivity contribution is -0.109. The molecule has 3 aliphatic rings. The van der Waals surface area contributed by atoms with Gasteiger partial charge in [0.15, 0.2) is 0 Å². The van der Waals surface area contributed by atoms with Crippen LogP contribution < -0.4 is 0 Å². The first-order chi connectivity index (χ1) is 14.2. The summed E-state index contributed by atoms with van der Waals surface area (Å²) >= 11 is 0. The van der Waals surface area contributed by atoms with Crippen LogP contribution in [0, 0.1) is 0 Å². The van der Waals surface area contributed by atoms with E-state index in [-0.39, 0.29) is 5.60 Å². The summed E-state index contributed by atoms with van der Waals surface area (Å²) in [6.07, 6.45) is 21.2. The Morgan fingerprint density at radius 3 is 2.34 bits per heavy atom. The van der Waals surface area contributed by atoms with Gasteiger partial charge < -0.3 is 9.64 Å². The fourth-order valence-electron chi connectivity index (χ4n) is 5.11. The van der Waals surface area contributed by atoms with E-state index in [2.05, 4.69) is 30.9 Å². The third-order valence-corrected chi connectivity index (χ3v) is 6.29. The second-order valence-electron chi connectivity index (χ2n) is 8.55. The van der Waals surface area contributed by atoms with Crippen LogP contribution in [0.3, 0.4) is 0 Å². The molecule has 3 rings (SSSR count). The van der Waals surface area contributed by atoms with Crippen LogP contribution in [-0.4, -0.2) is 36.2 Å². The number of ether oxygens (including phenoxy) is 1. The predicted molar refractivity (Wildman–Crippen MR) is 130 cm³/mol. The number of piperidine rings is 1. The summed E-state index contributed by atoms with van der Waals surface area (Å²) in [4.78, 5) is 2.70. The van der Waals surface area contributed by atoms with Gasteiger partial charge in [-0.15, -0.1) is 0 Å². The molecule has 2 heteroatoms. The first-order valence-electron chi connectivity index (χ1n) is 13.0. The number of rotatable bonds is 8. The molecule has 29 heavy (non-hydrogen) atoms. The Balaban J connectivity index is 0.000000989. The normalized spacial score (nSPS) is 26.3. The first kappa shape index (κ1) is 26.4. The van der Waals surface area contributed by atoms with Crippen molar-refractivity contribution in [1.82, 2.24) is 4.90 Å². The number of unbranched alkanes of at least 4 members (excludes halogenated alkanes) is 6. The van der Waals surface area contributed by atoms with Crippen molar-refractivity contribution < 1.29 is 4.74 Å². The van der Waals surface area contributed by atoms with Gasteiger partial charge in [-0.1, -0.05) is 85.3 Å². The Kier molecular flexibility index (Phi) is 13.9. The minimum absolute atomic E-state index is 0.00327. The smallest absolute Gasteiger partial charge is 0.106 e. The van der Waals surface area contributed by atoms with E-state index >= 15 is 0 Å². The van der Waals surface area contributed by atoms with E-state index in [1.807, 2.05) is 27.7 Å². The second kappa shape index (κ2) is 15.2. The fourth-order valence-corrected chi connectivity index (χ4v) is 5.11. The molecule has 0 N–H and O–H groups in total. The lowest BCUT2D eigenvalue weighted by atomic mass is 9.75. The molecule has 2 saturated heterocycles. The minimum Gasteiger partial charge on any atom is -0.366 e. The zero-order valence-electron chi connectivity index (χ0n) is 20.7. The van der Waals surface area contributed by atoms with Gasteiger partial charge in [-0.3, -0.25) is 0 Å². The maximum Gasteiger partial charge on any atom is 0.106 e. The zero-order chi connectivity index (χ0) is 21.5. The average molecular weight is 406 g/mol. The predicted octanol–water partition coefficient (Wildman–Crippen LogP) is 8.08. The molecule has 1 spiro atoms. The summed E-state index contributed by atoms with van der Waals surface area (Å²) in [5, 5.41) is 0. The number of allylic oxidation sites excluding steroid dienone is 2. The van der Waals surface area contributed by atoms with E-state index < -0.39 is 0 Å². The highest BCUT2D eigenvalue weighted by Gasteiger charge is 2.45. The monoisotopic (exact) mass is 405 g/mol. The molecule has 0 aromatic rings. The van der Waals surface area contributed by atoms with E-state index in [1.54, 1.807) is 11.1 Å². The van der Waals surface area contributed by atoms with Crippen molar-refractivity contribution in [3.8, 4) is 0 Å². The molecule has 170 valence electrons. The molecule has 0 radical (unpaired) electrons. The molecule has 0 bridgehead atoms. The maximum absolute atomic E-state index is 6.64. The van der Waals surface area contributed by atoms with Gasteiger partial charge in [0.25, 0.3) is 0 Å². The largest absolute Gasteiger partial charge is 0.366 e. The van der Waals surface area contributed by atoms with E-state index in [0.717, 1.165) is 13.0 Å². The van der Waals surface area contributed by atoms with Crippen LogP contribution in [0.25, 0.3) is 0 Å². The summed E-state index contributed by atoms with van der Waals surface area (Å²) < 4.78 is 6.64. The molecule has 2 fully saturated rings. The van der Waals surface area contributed by atoms with Gasteiger partial charge in [0.1, 0.15) is 5.60 Å². The van der Waals surface area contributed by atoms with Gasteiger partial charge in [-0.2, -0.15) is 0 Å². The Morgan fingerprint density at radius 1 is 0.966 bits per heavy atom. The van der Waals surface area contributed by atoms with Crippen LogP contribution in [0.5, 0.6) is 0 Å². The van der Waals surface area contributed by atoms with Crippen molar-refractivity contribution in [2.75, 3.05) is 19.6 Å². The lowest BCUT2D eigenvalue weighted by Crippen LogP contribution is -2.55. The molecule has 0 amide bonds. The molecule has 0 unspecified atom stereocenters. The first-order valence-corrected chi connectivity index (χ1v) is 13.0. The van der Waals surface area contributed by atoms with E-state index in [1.165, 1.54) is 83.7 Å². The molecule has 2 atom stereocenters. The summed E-state index contributed by atoms with van der Waals surface area (Å²) in [5.41, 5.74) is 3.16. The van der Waals surface area contributed by atoms with E-state index in [9.17, 15) is 0 Å². The van der Waals surface area contributed by atoms with Crippen LogP contribution in [0.15, 0.2) is 23.3 Å². The van der Waals surface area contributed by atoms with Crippen LogP contribution >= 0.6 is 0 Å². The van der Waals surface area contributed by atoms with Crippen LogP contribution in [-0.2, 0) is 4.74 Å².